The SMILES string of the molecule is COc1ccc2nc(NC(=O)Cn3cnc4c(C)cn(C)c(=O)c43)sc2c1. The number of ether oxygens (including phenoxy) is 1. The Morgan fingerprint density at radius 3 is 2.96 bits per heavy atom. The predicted octanol–water partition coefficient (Wildman–Crippen LogP) is 2.30. The van der Waals surface area contributed by atoms with E-state index in [1.807, 2.05) is 25.1 Å². The van der Waals surface area contributed by atoms with Crippen LogP contribution in [-0.2, 0) is 18.4 Å². The van der Waals surface area contributed by atoms with Gasteiger partial charge >= 0.3 is 0 Å². The lowest BCUT2D eigenvalue weighted by Gasteiger charge is -2.06. The Kier molecular flexibility index (Phi) is 4.15. The zero-order valence-corrected chi connectivity index (χ0v) is 15.8. The van der Waals surface area contributed by atoms with Crippen LogP contribution in [0, 0.1) is 6.92 Å². The van der Waals surface area contributed by atoms with Gasteiger partial charge in [-0.15, -0.1) is 0 Å². The molecule has 0 spiro atoms. The third kappa shape index (κ3) is 3.06. The Morgan fingerprint density at radius 2 is 2.19 bits per heavy atom. The number of hydrogen-bond acceptors (Lipinski definition) is 6. The number of rotatable bonds is 4. The highest BCUT2D eigenvalue weighted by Crippen LogP contribution is 2.29. The first kappa shape index (κ1) is 17.2. The van der Waals surface area contributed by atoms with Gasteiger partial charge in [0.25, 0.3) is 5.56 Å². The number of anilines is 1. The lowest BCUT2D eigenvalue weighted by molar-refractivity contribution is -0.116. The van der Waals surface area contributed by atoms with Gasteiger partial charge in [-0.1, -0.05) is 11.3 Å². The smallest absolute Gasteiger partial charge is 0.276 e. The third-order valence-electron chi connectivity index (χ3n) is 4.28. The first-order chi connectivity index (χ1) is 13.0. The Bertz CT molecular complexity index is 1240. The Labute approximate surface area is 158 Å². The van der Waals surface area contributed by atoms with Crippen molar-refractivity contribution >= 4 is 43.6 Å². The zero-order valence-electron chi connectivity index (χ0n) is 15.0. The van der Waals surface area contributed by atoms with Crippen molar-refractivity contribution in [3.63, 3.8) is 0 Å². The molecule has 1 aromatic carbocycles. The molecule has 0 fully saturated rings. The van der Waals surface area contributed by atoms with Gasteiger partial charge < -0.3 is 19.2 Å². The second-order valence-corrected chi connectivity index (χ2v) is 7.23. The molecule has 0 aliphatic carbocycles. The molecule has 1 N–H and O–H groups in total. The van der Waals surface area contributed by atoms with Crippen molar-refractivity contribution in [2.45, 2.75) is 13.5 Å². The van der Waals surface area contributed by atoms with Crippen LogP contribution in [0.2, 0.25) is 0 Å². The maximum Gasteiger partial charge on any atom is 0.276 e. The van der Waals surface area contributed by atoms with Crippen molar-refractivity contribution in [2.24, 2.45) is 7.05 Å². The number of fused-ring (bicyclic) bond motifs is 2. The number of carbonyl (C=O) groups is 1. The minimum atomic E-state index is -0.274. The fourth-order valence-electron chi connectivity index (χ4n) is 2.99. The zero-order chi connectivity index (χ0) is 19.1. The number of imidazole rings is 1. The normalized spacial score (nSPS) is 11.2. The Morgan fingerprint density at radius 1 is 1.37 bits per heavy atom. The van der Waals surface area contributed by atoms with E-state index in [1.54, 1.807) is 24.9 Å². The number of carbonyl (C=O) groups excluding carboxylic acids is 1. The summed E-state index contributed by atoms with van der Waals surface area (Å²) in [5.41, 5.74) is 2.51. The van der Waals surface area contributed by atoms with Crippen LogP contribution in [0.15, 0.2) is 35.5 Å². The quantitative estimate of drug-likeness (QED) is 0.584. The average molecular weight is 383 g/mol. The standard InChI is InChI=1S/C18H17N5O3S/c1-10-7-22(2)17(25)16-15(10)19-9-23(16)8-14(24)21-18-20-12-5-4-11(26-3)6-13(12)27-18/h4-7,9H,8H2,1-3H3,(H,20,21,24). The van der Waals surface area contributed by atoms with Crippen molar-refractivity contribution in [1.29, 1.82) is 0 Å². The van der Waals surface area contributed by atoms with E-state index in [4.69, 9.17) is 4.74 Å². The molecule has 0 saturated carbocycles. The van der Waals surface area contributed by atoms with E-state index < -0.39 is 0 Å². The predicted molar refractivity (Wildman–Crippen MR) is 105 cm³/mol. The monoisotopic (exact) mass is 383 g/mol. The van der Waals surface area contributed by atoms with Gasteiger partial charge in [-0.3, -0.25) is 9.59 Å². The van der Waals surface area contributed by atoms with Crippen molar-refractivity contribution in [3.8, 4) is 5.75 Å². The van der Waals surface area contributed by atoms with Gasteiger partial charge in [0, 0.05) is 13.2 Å². The van der Waals surface area contributed by atoms with Gasteiger partial charge in [-0.25, -0.2) is 9.97 Å². The minimum Gasteiger partial charge on any atom is -0.497 e. The second-order valence-electron chi connectivity index (χ2n) is 6.20. The summed E-state index contributed by atoms with van der Waals surface area (Å²) in [6.45, 7) is 1.86. The molecule has 8 nitrogen and oxygen atoms in total. The number of aryl methyl sites for hydroxylation is 2. The molecular formula is C18H17N5O3S. The van der Waals surface area contributed by atoms with Crippen molar-refractivity contribution in [3.05, 3.63) is 46.6 Å². The van der Waals surface area contributed by atoms with E-state index in [0.29, 0.717) is 16.2 Å². The topological polar surface area (TPSA) is 91.0 Å². The molecule has 0 saturated heterocycles. The number of pyridine rings is 1. The number of methoxy groups -OCH3 is 1. The Balaban J connectivity index is 1.60. The third-order valence-corrected chi connectivity index (χ3v) is 5.21. The van der Waals surface area contributed by atoms with Gasteiger partial charge in [0.1, 0.15) is 17.8 Å². The fraction of sp³-hybridized carbons (Fsp3) is 0.222. The van der Waals surface area contributed by atoms with E-state index in [-0.39, 0.29) is 18.0 Å². The maximum atomic E-state index is 12.5. The first-order valence-corrected chi connectivity index (χ1v) is 9.03. The molecule has 0 bridgehead atoms. The van der Waals surface area contributed by atoms with Gasteiger partial charge in [-0.2, -0.15) is 0 Å². The van der Waals surface area contributed by atoms with Gasteiger partial charge in [0.2, 0.25) is 5.91 Å². The van der Waals surface area contributed by atoms with E-state index >= 15 is 0 Å². The highest BCUT2D eigenvalue weighted by atomic mass is 32.1. The van der Waals surface area contributed by atoms with Crippen LogP contribution in [0.3, 0.4) is 0 Å². The molecule has 0 atom stereocenters. The van der Waals surface area contributed by atoms with Crippen molar-refractivity contribution in [1.82, 2.24) is 19.1 Å². The summed E-state index contributed by atoms with van der Waals surface area (Å²) in [6, 6.07) is 5.54. The summed E-state index contributed by atoms with van der Waals surface area (Å²) in [7, 11) is 3.29. The molecule has 3 heterocycles. The first-order valence-electron chi connectivity index (χ1n) is 8.22. The van der Waals surface area contributed by atoms with Gasteiger partial charge in [0.05, 0.1) is 29.2 Å². The van der Waals surface area contributed by atoms with Crippen molar-refractivity contribution < 1.29 is 9.53 Å². The molecule has 4 aromatic rings. The molecule has 138 valence electrons. The largest absolute Gasteiger partial charge is 0.497 e. The van der Waals surface area contributed by atoms with Crippen LogP contribution in [0.4, 0.5) is 5.13 Å². The number of benzene rings is 1. The van der Waals surface area contributed by atoms with E-state index in [1.165, 1.54) is 22.2 Å². The van der Waals surface area contributed by atoms with Crippen LogP contribution in [0.5, 0.6) is 5.75 Å². The summed E-state index contributed by atoms with van der Waals surface area (Å²) in [6.07, 6.45) is 3.25. The summed E-state index contributed by atoms with van der Waals surface area (Å²) in [5, 5.41) is 3.29. The molecule has 4 rings (SSSR count). The number of aromatic nitrogens is 4. The molecule has 0 aliphatic rings. The average Bonchev–Trinajstić information content (AvgIpc) is 3.22. The van der Waals surface area contributed by atoms with Crippen LogP contribution < -0.4 is 15.6 Å². The molecule has 0 radical (unpaired) electrons. The lowest BCUT2D eigenvalue weighted by atomic mass is 10.2. The van der Waals surface area contributed by atoms with Crippen LogP contribution in [-0.4, -0.2) is 32.1 Å². The van der Waals surface area contributed by atoms with E-state index in [0.717, 1.165) is 21.5 Å². The number of thiazole rings is 1. The number of hydrogen-bond donors (Lipinski definition) is 1. The maximum absolute atomic E-state index is 12.5. The number of amides is 1. The van der Waals surface area contributed by atoms with Gasteiger partial charge in [0.15, 0.2) is 5.13 Å². The molecule has 9 heteroatoms. The van der Waals surface area contributed by atoms with Gasteiger partial charge in [-0.05, 0) is 30.7 Å². The Hall–Kier alpha value is -3.20. The summed E-state index contributed by atoms with van der Waals surface area (Å²) < 4.78 is 9.18. The molecular weight excluding hydrogens is 366 g/mol. The van der Waals surface area contributed by atoms with Crippen LogP contribution in [0.25, 0.3) is 21.3 Å². The highest BCUT2D eigenvalue weighted by molar-refractivity contribution is 7.22. The lowest BCUT2D eigenvalue weighted by Crippen LogP contribution is -2.23. The summed E-state index contributed by atoms with van der Waals surface area (Å²) in [4.78, 5) is 33.6. The number of nitrogens with one attached hydrogen (secondary N) is 1. The summed E-state index contributed by atoms with van der Waals surface area (Å²) in [5.74, 6) is 0.462. The van der Waals surface area contributed by atoms with E-state index in [9.17, 15) is 9.59 Å². The molecule has 1 amide bonds. The van der Waals surface area contributed by atoms with Crippen LogP contribution in [0.1, 0.15) is 5.56 Å². The molecule has 3 aromatic heterocycles. The second kappa shape index (κ2) is 6.51. The fourth-order valence-corrected chi connectivity index (χ4v) is 3.90. The molecule has 0 aliphatic heterocycles. The molecule has 27 heavy (non-hydrogen) atoms. The van der Waals surface area contributed by atoms with E-state index in [2.05, 4.69) is 15.3 Å². The highest BCUT2D eigenvalue weighted by Gasteiger charge is 2.15. The minimum absolute atomic E-state index is 0.0194. The molecule has 0 unspecified atom stereocenters. The van der Waals surface area contributed by atoms with Crippen LogP contribution >= 0.6 is 11.3 Å². The number of nitrogens with zero attached hydrogens (tertiary/aromatic N) is 4. The van der Waals surface area contributed by atoms with Crippen molar-refractivity contribution in [2.75, 3.05) is 12.4 Å². The summed E-state index contributed by atoms with van der Waals surface area (Å²) >= 11 is 1.37.